The minimum Gasteiger partial charge on any atom is -0.480 e. The Kier molecular flexibility index (Phi) is 4.10. The highest BCUT2D eigenvalue weighted by Gasteiger charge is 2.22. The maximum Gasteiger partial charge on any atom is 0.326 e. The van der Waals surface area contributed by atoms with E-state index >= 15 is 0 Å². The fraction of sp³-hybridized carbons (Fsp3) is 0.538. The van der Waals surface area contributed by atoms with Crippen LogP contribution >= 0.6 is 0 Å². The van der Waals surface area contributed by atoms with E-state index in [1.165, 1.54) is 10.6 Å². The summed E-state index contributed by atoms with van der Waals surface area (Å²) < 4.78 is 1.32. The molecule has 0 spiro atoms. The van der Waals surface area contributed by atoms with E-state index in [-0.39, 0.29) is 11.5 Å². The van der Waals surface area contributed by atoms with Gasteiger partial charge in [0.15, 0.2) is 0 Å². The Morgan fingerprint density at radius 1 is 1.35 bits per heavy atom. The van der Waals surface area contributed by atoms with Gasteiger partial charge in [0.25, 0.3) is 5.56 Å². The van der Waals surface area contributed by atoms with Crippen molar-refractivity contribution in [2.75, 3.05) is 0 Å². The molecule has 4 heteroatoms. The van der Waals surface area contributed by atoms with Crippen LogP contribution in [-0.4, -0.2) is 15.6 Å². The molecule has 0 radical (unpaired) electrons. The maximum absolute atomic E-state index is 11.8. The molecule has 1 rings (SSSR count). The summed E-state index contributed by atoms with van der Waals surface area (Å²) in [5, 5.41) is 9.20. The van der Waals surface area contributed by atoms with Gasteiger partial charge in [-0.25, -0.2) is 4.79 Å². The first-order valence-corrected chi connectivity index (χ1v) is 5.75. The fourth-order valence-electron chi connectivity index (χ4n) is 1.77. The molecule has 0 fully saturated rings. The molecule has 0 aromatic carbocycles. The quantitative estimate of drug-likeness (QED) is 0.872. The third-order valence-electron chi connectivity index (χ3n) is 2.86. The third kappa shape index (κ3) is 3.19. The van der Waals surface area contributed by atoms with Crippen molar-refractivity contribution < 1.29 is 9.90 Å². The van der Waals surface area contributed by atoms with Crippen LogP contribution in [0.1, 0.15) is 37.4 Å². The molecule has 94 valence electrons. The lowest BCUT2D eigenvalue weighted by Crippen LogP contribution is -2.30. The second-order valence-electron chi connectivity index (χ2n) is 4.87. The number of pyridine rings is 1. The third-order valence-corrected chi connectivity index (χ3v) is 2.86. The average molecular weight is 237 g/mol. The summed E-state index contributed by atoms with van der Waals surface area (Å²) in [7, 11) is 0. The number of aliphatic carboxylic acids is 1. The molecule has 1 N–H and O–H groups in total. The van der Waals surface area contributed by atoms with Gasteiger partial charge >= 0.3 is 5.97 Å². The lowest BCUT2D eigenvalue weighted by molar-refractivity contribution is -0.141. The van der Waals surface area contributed by atoms with Gasteiger partial charge < -0.3 is 9.67 Å². The molecule has 0 aliphatic rings. The van der Waals surface area contributed by atoms with Crippen molar-refractivity contribution >= 4 is 5.97 Å². The number of hydrogen-bond donors (Lipinski definition) is 1. The summed E-state index contributed by atoms with van der Waals surface area (Å²) >= 11 is 0. The number of nitrogens with zero attached hydrogens (tertiary/aromatic N) is 1. The van der Waals surface area contributed by atoms with Gasteiger partial charge in [-0.3, -0.25) is 4.79 Å². The minimum absolute atomic E-state index is 0.226. The van der Waals surface area contributed by atoms with Crippen LogP contribution in [0.2, 0.25) is 0 Å². The average Bonchev–Trinajstić information content (AvgIpc) is 2.20. The van der Waals surface area contributed by atoms with Gasteiger partial charge in [0.1, 0.15) is 6.04 Å². The van der Waals surface area contributed by atoms with Crippen LogP contribution in [0.25, 0.3) is 0 Å². The molecule has 1 atom stereocenters. The van der Waals surface area contributed by atoms with Crippen LogP contribution in [-0.2, 0) is 4.79 Å². The molecule has 1 aromatic heterocycles. The maximum atomic E-state index is 11.8. The van der Waals surface area contributed by atoms with E-state index in [2.05, 4.69) is 0 Å². The van der Waals surface area contributed by atoms with E-state index in [4.69, 9.17) is 0 Å². The summed E-state index contributed by atoms with van der Waals surface area (Å²) in [4.78, 5) is 23.0. The molecule has 0 aliphatic carbocycles. The van der Waals surface area contributed by atoms with Crippen LogP contribution in [0.3, 0.4) is 0 Å². The summed E-state index contributed by atoms with van der Waals surface area (Å²) in [6, 6.07) is 0.716. The highest BCUT2D eigenvalue weighted by Crippen LogP contribution is 2.17. The second kappa shape index (κ2) is 5.17. The first-order chi connectivity index (χ1) is 7.82. The normalized spacial score (nSPS) is 12.8. The summed E-state index contributed by atoms with van der Waals surface area (Å²) in [6.45, 7) is 7.61. The Labute approximate surface area is 101 Å². The van der Waals surface area contributed by atoms with Crippen molar-refractivity contribution in [2.45, 2.75) is 40.2 Å². The second-order valence-corrected chi connectivity index (χ2v) is 4.87. The smallest absolute Gasteiger partial charge is 0.326 e. The van der Waals surface area contributed by atoms with Crippen molar-refractivity contribution in [1.29, 1.82) is 0 Å². The predicted molar refractivity (Wildman–Crippen MR) is 66.3 cm³/mol. The van der Waals surface area contributed by atoms with Gasteiger partial charge in [-0.1, -0.05) is 13.8 Å². The monoisotopic (exact) mass is 237 g/mol. The predicted octanol–water partition coefficient (Wildman–Crippen LogP) is 2.14. The SMILES string of the molecule is Cc1cc(=O)n(C(CC(C)C)C(=O)O)cc1C. The molecule has 0 saturated carbocycles. The number of hydrogen-bond acceptors (Lipinski definition) is 2. The van der Waals surface area contributed by atoms with E-state index in [0.29, 0.717) is 6.42 Å². The number of carboxylic acid groups (broad SMARTS) is 1. The van der Waals surface area contributed by atoms with Crippen molar-refractivity contribution in [3.63, 3.8) is 0 Å². The number of aromatic nitrogens is 1. The largest absolute Gasteiger partial charge is 0.480 e. The number of rotatable bonds is 4. The Hall–Kier alpha value is -1.58. The molecular formula is C13H19NO3. The van der Waals surface area contributed by atoms with E-state index in [1.807, 2.05) is 27.7 Å². The lowest BCUT2D eigenvalue weighted by atomic mass is 10.0. The zero-order valence-electron chi connectivity index (χ0n) is 10.7. The topological polar surface area (TPSA) is 59.3 Å². The fourth-order valence-corrected chi connectivity index (χ4v) is 1.77. The molecule has 0 bridgehead atoms. The highest BCUT2D eigenvalue weighted by molar-refractivity contribution is 5.71. The van der Waals surface area contributed by atoms with Gasteiger partial charge in [0.2, 0.25) is 0 Å². The van der Waals surface area contributed by atoms with Crippen LogP contribution in [0.15, 0.2) is 17.1 Å². The molecule has 1 heterocycles. The van der Waals surface area contributed by atoms with Crippen molar-refractivity contribution in [3.05, 3.63) is 33.7 Å². The molecule has 0 amide bonds. The van der Waals surface area contributed by atoms with Crippen LogP contribution < -0.4 is 5.56 Å². The van der Waals surface area contributed by atoms with Gasteiger partial charge in [-0.05, 0) is 37.3 Å². The summed E-state index contributed by atoms with van der Waals surface area (Å²) in [5.41, 5.74) is 1.57. The zero-order chi connectivity index (χ0) is 13.2. The van der Waals surface area contributed by atoms with Gasteiger partial charge in [-0.2, -0.15) is 0 Å². The van der Waals surface area contributed by atoms with Gasteiger partial charge in [0.05, 0.1) is 0 Å². The molecular weight excluding hydrogens is 218 g/mol. The number of carboxylic acids is 1. The van der Waals surface area contributed by atoms with Gasteiger partial charge in [-0.15, -0.1) is 0 Å². The van der Waals surface area contributed by atoms with Gasteiger partial charge in [0, 0.05) is 12.3 Å². The Bertz CT molecular complexity index is 474. The molecule has 1 aromatic rings. The molecule has 0 saturated heterocycles. The number of aryl methyl sites for hydroxylation is 2. The lowest BCUT2D eigenvalue weighted by Gasteiger charge is -2.18. The van der Waals surface area contributed by atoms with Crippen LogP contribution in [0.4, 0.5) is 0 Å². The van der Waals surface area contributed by atoms with Crippen molar-refractivity contribution in [1.82, 2.24) is 4.57 Å². The molecule has 1 unspecified atom stereocenters. The summed E-state index contributed by atoms with van der Waals surface area (Å²) in [6.07, 6.45) is 2.09. The van der Waals surface area contributed by atoms with E-state index in [1.54, 1.807) is 6.20 Å². The number of carbonyl (C=O) groups is 1. The van der Waals surface area contributed by atoms with E-state index in [0.717, 1.165) is 11.1 Å². The van der Waals surface area contributed by atoms with E-state index in [9.17, 15) is 14.7 Å². The van der Waals surface area contributed by atoms with Crippen LogP contribution in [0, 0.1) is 19.8 Å². The first kappa shape index (κ1) is 13.5. The molecule has 17 heavy (non-hydrogen) atoms. The molecule has 4 nitrogen and oxygen atoms in total. The van der Waals surface area contributed by atoms with Crippen molar-refractivity contribution in [3.8, 4) is 0 Å². The minimum atomic E-state index is -0.955. The van der Waals surface area contributed by atoms with E-state index < -0.39 is 12.0 Å². The summed E-state index contributed by atoms with van der Waals surface area (Å²) in [5.74, 6) is -0.728. The van der Waals surface area contributed by atoms with Crippen LogP contribution in [0.5, 0.6) is 0 Å². The van der Waals surface area contributed by atoms with Crippen molar-refractivity contribution in [2.24, 2.45) is 5.92 Å². The zero-order valence-corrected chi connectivity index (χ0v) is 10.7. The molecule has 0 aliphatic heterocycles. The first-order valence-electron chi connectivity index (χ1n) is 5.75. The Morgan fingerprint density at radius 3 is 2.41 bits per heavy atom. The standard InChI is InChI=1S/C13H19NO3/c1-8(2)5-11(13(16)17)14-7-10(4)9(3)6-12(14)15/h6-8,11H,5H2,1-4H3,(H,16,17). The highest BCUT2D eigenvalue weighted by atomic mass is 16.4. The Morgan fingerprint density at radius 2 is 1.94 bits per heavy atom. The Balaban J connectivity index is 3.24.